The minimum Gasteiger partial charge on any atom is -0.378 e. The van der Waals surface area contributed by atoms with E-state index in [1.54, 1.807) is 30.5 Å². The van der Waals surface area contributed by atoms with Gasteiger partial charge >= 0.3 is 0 Å². The van der Waals surface area contributed by atoms with Crippen molar-refractivity contribution in [1.82, 2.24) is 29.1 Å². The molecule has 12 heteroatoms. The Morgan fingerprint density at radius 3 is 2.58 bits per heavy atom. The van der Waals surface area contributed by atoms with Crippen LogP contribution in [-0.4, -0.2) is 83.5 Å². The number of likely N-dealkylation sites (N-methyl/N-ethyl adjacent to an activating group) is 1. The molecule has 4 heterocycles. The average Bonchev–Trinajstić information content (AvgIpc) is 3.36. The van der Waals surface area contributed by atoms with Gasteiger partial charge < -0.3 is 19.9 Å². The standard InChI is InChI=1S/C24H30FN7O3S/c1-16-13-17(7-12-35-16)23-26-15-21(29-23)22-20(25)14-27-24(30-22)28-18-3-5-19(6-4-18)36(33,34)32-10-8-31(2)9-11-32/h3-6,14-17H,7-13H2,1-2H3,(H,26,29)(H,27,28,30). The van der Waals surface area contributed by atoms with E-state index in [-0.39, 0.29) is 28.6 Å². The maximum atomic E-state index is 14.6. The van der Waals surface area contributed by atoms with E-state index in [1.165, 1.54) is 4.31 Å². The number of benzene rings is 1. The number of nitrogens with one attached hydrogen (secondary N) is 2. The lowest BCUT2D eigenvalue weighted by atomic mass is 9.96. The summed E-state index contributed by atoms with van der Waals surface area (Å²) in [5, 5.41) is 3.03. The van der Waals surface area contributed by atoms with Crippen molar-refractivity contribution in [3.63, 3.8) is 0 Å². The molecular weight excluding hydrogens is 485 g/mol. The summed E-state index contributed by atoms with van der Waals surface area (Å²) in [6, 6.07) is 6.40. The minimum atomic E-state index is -3.55. The number of rotatable bonds is 6. The quantitative estimate of drug-likeness (QED) is 0.515. The smallest absolute Gasteiger partial charge is 0.243 e. The number of sulfonamides is 1. The molecule has 2 N–H and O–H groups in total. The van der Waals surface area contributed by atoms with Crippen molar-refractivity contribution >= 4 is 21.7 Å². The number of ether oxygens (including phenoxy) is 1. The number of aromatic amines is 1. The maximum absolute atomic E-state index is 14.6. The molecular formula is C24H30FN7O3S. The molecule has 10 nitrogen and oxygen atoms in total. The van der Waals surface area contributed by atoms with Gasteiger partial charge in [0.25, 0.3) is 0 Å². The Hall–Kier alpha value is -2.93. The Bertz CT molecular complexity index is 1310. The van der Waals surface area contributed by atoms with Crippen LogP contribution in [0.3, 0.4) is 0 Å². The number of hydrogen-bond donors (Lipinski definition) is 2. The number of H-pyrrole nitrogens is 1. The number of imidazole rings is 1. The van der Waals surface area contributed by atoms with Gasteiger partial charge in [0.15, 0.2) is 5.82 Å². The van der Waals surface area contributed by atoms with Gasteiger partial charge in [-0.2, -0.15) is 4.31 Å². The van der Waals surface area contributed by atoms with Gasteiger partial charge in [-0.3, -0.25) is 0 Å². The number of aromatic nitrogens is 4. The van der Waals surface area contributed by atoms with Crippen LogP contribution < -0.4 is 5.32 Å². The number of anilines is 2. The Labute approximate surface area is 210 Å². The first-order valence-electron chi connectivity index (χ1n) is 12.0. The molecule has 0 radical (unpaired) electrons. The minimum absolute atomic E-state index is 0.112. The van der Waals surface area contributed by atoms with Crippen LogP contribution >= 0.6 is 0 Å². The third-order valence-electron chi connectivity index (χ3n) is 6.68. The molecule has 0 saturated carbocycles. The third kappa shape index (κ3) is 5.26. The molecule has 0 spiro atoms. The molecule has 0 bridgehead atoms. The van der Waals surface area contributed by atoms with Crippen molar-refractivity contribution in [3.05, 3.63) is 48.3 Å². The Balaban J connectivity index is 1.30. The molecule has 0 aliphatic carbocycles. The summed E-state index contributed by atoms with van der Waals surface area (Å²) in [4.78, 5) is 18.4. The summed E-state index contributed by atoms with van der Waals surface area (Å²) in [6.45, 7) is 5.05. The monoisotopic (exact) mass is 515 g/mol. The Morgan fingerprint density at radius 1 is 1.11 bits per heavy atom. The first-order chi connectivity index (χ1) is 17.3. The second-order valence-corrected chi connectivity index (χ2v) is 11.3. The Kier molecular flexibility index (Phi) is 7.02. The second kappa shape index (κ2) is 10.2. The van der Waals surface area contributed by atoms with E-state index >= 15 is 0 Å². The van der Waals surface area contributed by atoms with Crippen LogP contribution in [0.2, 0.25) is 0 Å². The van der Waals surface area contributed by atoms with E-state index in [2.05, 4.69) is 30.2 Å². The van der Waals surface area contributed by atoms with Gasteiger partial charge in [-0.15, -0.1) is 0 Å². The molecule has 2 fully saturated rings. The summed E-state index contributed by atoms with van der Waals surface area (Å²) < 4.78 is 47.6. The van der Waals surface area contributed by atoms with E-state index in [1.807, 2.05) is 14.0 Å². The van der Waals surface area contributed by atoms with Crippen LogP contribution in [0.1, 0.15) is 31.5 Å². The molecule has 2 aromatic heterocycles. The van der Waals surface area contributed by atoms with E-state index in [0.29, 0.717) is 44.2 Å². The van der Waals surface area contributed by atoms with Gasteiger partial charge in [-0.05, 0) is 51.1 Å². The molecule has 2 saturated heterocycles. The van der Waals surface area contributed by atoms with Crippen molar-refractivity contribution in [2.45, 2.75) is 36.7 Å². The van der Waals surface area contributed by atoms with Crippen LogP contribution in [0.25, 0.3) is 11.4 Å². The van der Waals surface area contributed by atoms with Crippen molar-refractivity contribution in [2.75, 3.05) is 45.2 Å². The van der Waals surface area contributed by atoms with Crippen LogP contribution in [0.5, 0.6) is 0 Å². The summed E-state index contributed by atoms with van der Waals surface area (Å²) >= 11 is 0. The largest absolute Gasteiger partial charge is 0.378 e. The highest BCUT2D eigenvalue weighted by Gasteiger charge is 2.27. The molecule has 2 unspecified atom stereocenters. The van der Waals surface area contributed by atoms with Gasteiger partial charge in [0, 0.05) is 44.4 Å². The first kappa shape index (κ1) is 24.8. The topological polar surface area (TPSA) is 116 Å². The van der Waals surface area contributed by atoms with Gasteiger partial charge in [0.05, 0.1) is 29.1 Å². The first-order valence-corrected chi connectivity index (χ1v) is 13.5. The highest BCUT2D eigenvalue weighted by molar-refractivity contribution is 7.89. The zero-order chi connectivity index (χ0) is 25.3. The molecule has 36 heavy (non-hydrogen) atoms. The number of halogens is 1. The molecule has 0 amide bonds. The van der Waals surface area contributed by atoms with E-state index < -0.39 is 15.8 Å². The lowest BCUT2D eigenvalue weighted by Gasteiger charge is -2.31. The zero-order valence-electron chi connectivity index (χ0n) is 20.3. The number of nitrogens with zero attached hydrogens (tertiary/aromatic N) is 5. The molecule has 1 aromatic carbocycles. The zero-order valence-corrected chi connectivity index (χ0v) is 21.1. The molecule has 2 aliphatic heterocycles. The number of hydrogen-bond acceptors (Lipinski definition) is 8. The molecule has 5 rings (SSSR count). The summed E-state index contributed by atoms with van der Waals surface area (Å²) in [7, 11) is -1.58. The molecule has 2 aliphatic rings. The van der Waals surface area contributed by atoms with E-state index in [9.17, 15) is 12.8 Å². The average molecular weight is 516 g/mol. The SMILES string of the molecule is CC1CC(c2ncc(-c3nc(Nc4ccc(S(=O)(=O)N5CCN(C)CC5)cc4)ncc3F)[nH]2)CCO1. The van der Waals surface area contributed by atoms with Gasteiger partial charge in [0.1, 0.15) is 11.5 Å². The second-order valence-electron chi connectivity index (χ2n) is 9.33. The van der Waals surface area contributed by atoms with Crippen LogP contribution in [0, 0.1) is 5.82 Å². The van der Waals surface area contributed by atoms with Crippen molar-refractivity contribution in [1.29, 1.82) is 0 Å². The van der Waals surface area contributed by atoms with Gasteiger partial charge in [0.2, 0.25) is 16.0 Å². The van der Waals surface area contributed by atoms with Gasteiger partial charge in [-0.25, -0.2) is 27.8 Å². The lowest BCUT2D eigenvalue weighted by Crippen LogP contribution is -2.46. The van der Waals surface area contributed by atoms with Crippen LogP contribution in [0.4, 0.5) is 16.0 Å². The highest BCUT2D eigenvalue weighted by Crippen LogP contribution is 2.30. The van der Waals surface area contributed by atoms with Gasteiger partial charge in [-0.1, -0.05) is 0 Å². The van der Waals surface area contributed by atoms with E-state index in [0.717, 1.165) is 24.9 Å². The molecule has 192 valence electrons. The molecule has 3 aromatic rings. The molecule has 2 atom stereocenters. The fraction of sp³-hybridized carbons (Fsp3) is 0.458. The van der Waals surface area contributed by atoms with Crippen molar-refractivity contribution < 1.29 is 17.5 Å². The predicted octanol–water partition coefficient (Wildman–Crippen LogP) is 2.97. The van der Waals surface area contributed by atoms with E-state index in [4.69, 9.17) is 4.74 Å². The van der Waals surface area contributed by atoms with Crippen molar-refractivity contribution in [3.8, 4) is 11.4 Å². The number of piperazine rings is 1. The van der Waals surface area contributed by atoms with Crippen molar-refractivity contribution in [2.24, 2.45) is 0 Å². The normalized spacial score (nSPS) is 22.0. The third-order valence-corrected chi connectivity index (χ3v) is 8.59. The van der Waals surface area contributed by atoms with Crippen LogP contribution in [0.15, 0.2) is 41.6 Å². The highest BCUT2D eigenvalue weighted by atomic mass is 32.2. The predicted molar refractivity (Wildman–Crippen MR) is 133 cm³/mol. The van der Waals surface area contributed by atoms with Crippen LogP contribution in [-0.2, 0) is 14.8 Å². The lowest BCUT2D eigenvalue weighted by molar-refractivity contribution is 0.0174. The Morgan fingerprint density at radius 2 is 1.86 bits per heavy atom. The fourth-order valence-electron chi connectivity index (χ4n) is 4.54. The summed E-state index contributed by atoms with van der Waals surface area (Å²) in [5.41, 5.74) is 1.17. The maximum Gasteiger partial charge on any atom is 0.243 e. The summed E-state index contributed by atoms with van der Waals surface area (Å²) in [6.07, 6.45) is 4.56. The summed E-state index contributed by atoms with van der Waals surface area (Å²) in [5.74, 6) is 0.650. The fourth-order valence-corrected chi connectivity index (χ4v) is 5.97.